The van der Waals surface area contributed by atoms with E-state index in [2.05, 4.69) is 4.98 Å². The number of carboxylic acids is 1. The molecule has 1 heterocycles. The van der Waals surface area contributed by atoms with Crippen LogP contribution in [0.4, 0.5) is 4.39 Å². The minimum Gasteiger partial charge on any atom is -0.496 e. The first-order valence-corrected chi connectivity index (χ1v) is 5.07. The zero-order chi connectivity index (χ0) is 13.3. The van der Waals surface area contributed by atoms with Gasteiger partial charge in [-0.05, 0) is 25.1 Å². The highest BCUT2D eigenvalue weighted by Gasteiger charge is 2.19. The second kappa shape index (κ2) is 4.48. The van der Waals surface area contributed by atoms with Gasteiger partial charge in [-0.25, -0.2) is 14.2 Å². The van der Waals surface area contributed by atoms with Gasteiger partial charge in [-0.15, -0.1) is 0 Å². The summed E-state index contributed by atoms with van der Waals surface area (Å²) >= 11 is 0. The summed E-state index contributed by atoms with van der Waals surface area (Å²) < 4.78 is 23.3. The molecular weight excluding hydrogens is 241 g/mol. The summed E-state index contributed by atoms with van der Waals surface area (Å²) in [5.74, 6) is -1.60. The van der Waals surface area contributed by atoms with E-state index >= 15 is 0 Å². The number of benzene rings is 1. The van der Waals surface area contributed by atoms with Gasteiger partial charge in [0.1, 0.15) is 11.6 Å². The molecule has 2 rings (SSSR count). The number of carboxylic acid groups (broad SMARTS) is 1. The molecule has 1 aromatic carbocycles. The van der Waals surface area contributed by atoms with E-state index in [0.717, 1.165) is 0 Å². The number of halogens is 1. The lowest BCUT2D eigenvalue weighted by atomic mass is 10.2. The van der Waals surface area contributed by atoms with Gasteiger partial charge in [-0.2, -0.15) is 0 Å². The topological polar surface area (TPSA) is 72.6 Å². The highest BCUT2D eigenvalue weighted by atomic mass is 19.1. The van der Waals surface area contributed by atoms with Gasteiger partial charge in [-0.1, -0.05) is 0 Å². The maximum absolute atomic E-state index is 13.2. The van der Waals surface area contributed by atoms with Gasteiger partial charge < -0.3 is 14.3 Å². The standard InChI is InChI=1S/C12H10FNO4/c1-6-10(12(15)16)18-11(14-6)8-5-7(13)3-4-9(8)17-2/h3-5H,1-2H3,(H,15,16). The Hall–Kier alpha value is -2.37. The molecule has 0 saturated heterocycles. The van der Waals surface area contributed by atoms with Gasteiger partial charge >= 0.3 is 5.97 Å². The number of ether oxygens (including phenoxy) is 1. The number of oxazole rings is 1. The minimum atomic E-state index is -1.22. The van der Waals surface area contributed by atoms with Gasteiger partial charge in [0, 0.05) is 0 Å². The number of hydrogen-bond acceptors (Lipinski definition) is 4. The Balaban J connectivity index is 2.58. The van der Waals surface area contributed by atoms with E-state index in [1.54, 1.807) is 0 Å². The lowest BCUT2D eigenvalue weighted by Gasteiger charge is -2.04. The number of carbonyl (C=O) groups is 1. The quantitative estimate of drug-likeness (QED) is 0.907. The number of aromatic nitrogens is 1. The lowest BCUT2D eigenvalue weighted by Crippen LogP contribution is -1.95. The fourth-order valence-corrected chi connectivity index (χ4v) is 1.56. The number of aromatic carboxylic acids is 1. The van der Waals surface area contributed by atoms with Crippen LogP contribution in [0.15, 0.2) is 22.6 Å². The molecule has 94 valence electrons. The van der Waals surface area contributed by atoms with Crippen LogP contribution in [-0.2, 0) is 0 Å². The van der Waals surface area contributed by atoms with Crippen molar-refractivity contribution in [3.8, 4) is 17.2 Å². The molecule has 5 nitrogen and oxygen atoms in total. The maximum Gasteiger partial charge on any atom is 0.373 e. The van der Waals surface area contributed by atoms with Crippen LogP contribution in [0.5, 0.6) is 5.75 Å². The first-order chi connectivity index (χ1) is 8.52. The largest absolute Gasteiger partial charge is 0.496 e. The van der Waals surface area contributed by atoms with Crippen LogP contribution in [0.2, 0.25) is 0 Å². The van der Waals surface area contributed by atoms with E-state index in [0.29, 0.717) is 5.75 Å². The molecule has 0 aliphatic rings. The maximum atomic E-state index is 13.2. The van der Waals surface area contributed by atoms with Crippen LogP contribution in [-0.4, -0.2) is 23.2 Å². The predicted octanol–water partition coefficient (Wildman–Crippen LogP) is 2.50. The van der Waals surface area contributed by atoms with Gasteiger partial charge in [-0.3, -0.25) is 0 Å². The highest BCUT2D eigenvalue weighted by Crippen LogP contribution is 2.31. The van der Waals surface area contributed by atoms with Crippen molar-refractivity contribution >= 4 is 5.97 Å². The van der Waals surface area contributed by atoms with Crippen molar-refractivity contribution in [3.63, 3.8) is 0 Å². The van der Waals surface area contributed by atoms with E-state index in [9.17, 15) is 9.18 Å². The van der Waals surface area contributed by atoms with Gasteiger partial charge in [0.25, 0.3) is 0 Å². The van der Waals surface area contributed by atoms with Crippen molar-refractivity contribution < 1.29 is 23.4 Å². The third-order valence-electron chi connectivity index (χ3n) is 2.38. The molecule has 18 heavy (non-hydrogen) atoms. The molecule has 0 radical (unpaired) electrons. The zero-order valence-electron chi connectivity index (χ0n) is 9.73. The van der Waals surface area contributed by atoms with Crippen LogP contribution >= 0.6 is 0 Å². The van der Waals surface area contributed by atoms with E-state index in [-0.39, 0.29) is 22.9 Å². The SMILES string of the molecule is COc1ccc(F)cc1-c1nc(C)c(C(=O)O)o1. The van der Waals surface area contributed by atoms with Crippen molar-refractivity contribution in [1.82, 2.24) is 4.98 Å². The monoisotopic (exact) mass is 251 g/mol. The van der Waals surface area contributed by atoms with Gasteiger partial charge in [0.15, 0.2) is 0 Å². The summed E-state index contributed by atoms with van der Waals surface area (Å²) in [6, 6.07) is 3.83. The zero-order valence-corrected chi connectivity index (χ0v) is 9.73. The molecule has 0 fully saturated rings. The van der Waals surface area contributed by atoms with Crippen LogP contribution in [0, 0.1) is 12.7 Å². The summed E-state index contributed by atoms with van der Waals surface area (Å²) in [6.45, 7) is 1.50. The Bertz CT molecular complexity index is 606. The van der Waals surface area contributed by atoms with E-state index in [1.165, 1.54) is 32.2 Å². The second-order valence-corrected chi connectivity index (χ2v) is 3.58. The third-order valence-corrected chi connectivity index (χ3v) is 2.38. The van der Waals surface area contributed by atoms with Crippen LogP contribution in [0.1, 0.15) is 16.2 Å². The summed E-state index contributed by atoms with van der Waals surface area (Å²) in [4.78, 5) is 14.8. The third kappa shape index (κ3) is 2.04. The first kappa shape index (κ1) is 12.1. The van der Waals surface area contributed by atoms with Crippen LogP contribution < -0.4 is 4.74 Å². The van der Waals surface area contributed by atoms with E-state index in [1.807, 2.05) is 0 Å². The van der Waals surface area contributed by atoms with Crippen molar-refractivity contribution in [2.75, 3.05) is 7.11 Å². The molecule has 1 aromatic heterocycles. The molecule has 0 bridgehead atoms. The number of nitrogens with zero attached hydrogens (tertiary/aromatic N) is 1. The Morgan fingerprint density at radius 2 is 2.22 bits per heavy atom. The Kier molecular flexibility index (Phi) is 3.01. The molecule has 0 aliphatic heterocycles. The molecule has 0 spiro atoms. The normalized spacial score (nSPS) is 10.4. The van der Waals surface area contributed by atoms with Crippen LogP contribution in [0.25, 0.3) is 11.5 Å². The van der Waals surface area contributed by atoms with Crippen molar-refractivity contribution in [1.29, 1.82) is 0 Å². The molecule has 0 unspecified atom stereocenters. The molecule has 6 heteroatoms. The van der Waals surface area contributed by atoms with Crippen molar-refractivity contribution in [3.05, 3.63) is 35.5 Å². The first-order valence-electron chi connectivity index (χ1n) is 5.07. The Morgan fingerprint density at radius 1 is 1.50 bits per heavy atom. The average molecular weight is 251 g/mol. The molecule has 0 saturated carbocycles. The molecular formula is C12H10FNO4. The predicted molar refractivity (Wildman–Crippen MR) is 60.1 cm³/mol. The second-order valence-electron chi connectivity index (χ2n) is 3.58. The van der Waals surface area contributed by atoms with Crippen molar-refractivity contribution in [2.45, 2.75) is 6.92 Å². The minimum absolute atomic E-state index is 0.0150. The molecule has 2 aromatic rings. The summed E-state index contributed by atoms with van der Waals surface area (Å²) in [7, 11) is 1.42. The molecule has 0 aliphatic carbocycles. The molecule has 0 amide bonds. The lowest BCUT2D eigenvalue weighted by molar-refractivity contribution is 0.0662. The number of aryl methyl sites for hydroxylation is 1. The van der Waals surface area contributed by atoms with Gasteiger partial charge in [0.05, 0.1) is 18.4 Å². The summed E-state index contributed by atoms with van der Waals surface area (Å²) in [6.07, 6.45) is 0. The smallest absolute Gasteiger partial charge is 0.373 e. The Labute approximate surface area is 102 Å². The fourth-order valence-electron chi connectivity index (χ4n) is 1.56. The highest BCUT2D eigenvalue weighted by molar-refractivity contribution is 5.86. The number of hydrogen-bond donors (Lipinski definition) is 1. The molecule has 1 N–H and O–H groups in total. The average Bonchev–Trinajstić information content (AvgIpc) is 2.71. The summed E-state index contributed by atoms with van der Waals surface area (Å²) in [5, 5.41) is 8.87. The van der Waals surface area contributed by atoms with Crippen molar-refractivity contribution in [2.24, 2.45) is 0 Å². The summed E-state index contributed by atoms with van der Waals surface area (Å²) in [5.41, 5.74) is 0.497. The van der Waals surface area contributed by atoms with E-state index < -0.39 is 11.8 Å². The van der Waals surface area contributed by atoms with E-state index in [4.69, 9.17) is 14.3 Å². The number of rotatable bonds is 3. The van der Waals surface area contributed by atoms with Gasteiger partial charge in [0.2, 0.25) is 11.7 Å². The van der Waals surface area contributed by atoms with Crippen LogP contribution in [0.3, 0.4) is 0 Å². The molecule has 0 atom stereocenters. The number of methoxy groups -OCH3 is 1. The Morgan fingerprint density at radius 3 is 2.78 bits per heavy atom. The fraction of sp³-hybridized carbons (Fsp3) is 0.167.